The molecule has 1 aromatic carbocycles. The first-order valence-corrected chi connectivity index (χ1v) is 4.89. The van der Waals surface area contributed by atoms with Crippen LogP contribution < -0.4 is 10.6 Å². The molecule has 1 amide bonds. The van der Waals surface area contributed by atoms with Crippen LogP contribution >= 0.6 is 0 Å². The first kappa shape index (κ1) is 12.0. The highest BCUT2D eigenvalue weighted by Gasteiger charge is 2.08. The molecule has 0 aliphatic heterocycles. The zero-order valence-electron chi connectivity index (χ0n) is 9.24. The number of anilines is 2. The van der Waals surface area contributed by atoms with Gasteiger partial charge in [0.05, 0.1) is 24.0 Å². The van der Waals surface area contributed by atoms with Gasteiger partial charge in [-0.15, -0.1) is 0 Å². The standard InChI is InChI=1S/C11H14N2O3/c1-3-12-9-5-4-8(11(15)16-2)6-10(9)13-7-14/h4-7,12H,3H2,1-2H3,(H,13,14). The Morgan fingerprint density at radius 3 is 2.75 bits per heavy atom. The molecule has 0 saturated heterocycles. The van der Waals surface area contributed by atoms with Gasteiger partial charge in [-0.1, -0.05) is 0 Å². The molecule has 0 spiro atoms. The molecule has 0 fully saturated rings. The van der Waals surface area contributed by atoms with E-state index in [-0.39, 0.29) is 0 Å². The molecule has 0 aromatic heterocycles. The first-order valence-electron chi connectivity index (χ1n) is 4.89. The third-order valence-corrected chi connectivity index (χ3v) is 2.02. The number of benzene rings is 1. The van der Waals surface area contributed by atoms with E-state index in [4.69, 9.17) is 0 Å². The number of carbonyl (C=O) groups excluding carboxylic acids is 2. The maximum Gasteiger partial charge on any atom is 0.337 e. The van der Waals surface area contributed by atoms with Crippen molar-refractivity contribution >= 4 is 23.8 Å². The number of amides is 1. The predicted molar refractivity (Wildman–Crippen MR) is 61.6 cm³/mol. The quantitative estimate of drug-likeness (QED) is 0.585. The molecule has 0 radical (unpaired) electrons. The van der Waals surface area contributed by atoms with E-state index in [1.165, 1.54) is 7.11 Å². The number of methoxy groups -OCH3 is 1. The molecular weight excluding hydrogens is 208 g/mol. The van der Waals surface area contributed by atoms with Crippen LogP contribution in [-0.4, -0.2) is 26.0 Å². The highest BCUT2D eigenvalue weighted by molar-refractivity contribution is 5.93. The van der Waals surface area contributed by atoms with Crippen molar-refractivity contribution in [3.05, 3.63) is 23.8 Å². The molecule has 0 bridgehead atoms. The summed E-state index contributed by atoms with van der Waals surface area (Å²) in [6, 6.07) is 4.93. The van der Waals surface area contributed by atoms with Crippen LogP contribution in [0.3, 0.4) is 0 Å². The normalized spacial score (nSPS) is 9.38. The second kappa shape index (κ2) is 5.75. The van der Waals surface area contributed by atoms with Gasteiger partial charge in [0, 0.05) is 6.54 Å². The summed E-state index contributed by atoms with van der Waals surface area (Å²) in [4.78, 5) is 21.7. The van der Waals surface area contributed by atoms with Crippen LogP contribution in [-0.2, 0) is 9.53 Å². The van der Waals surface area contributed by atoms with Gasteiger partial charge >= 0.3 is 5.97 Å². The predicted octanol–water partition coefficient (Wildman–Crippen LogP) is 1.47. The van der Waals surface area contributed by atoms with Crippen molar-refractivity contribution in [3.8, 4) is 0 Å². The van der Waals surface area contributed by atoms with E-state index in [0.29, 0.717) is 17.7 Å². The van der Waals surface area contributed by atoms with Gasteiger partial charge in [0.2, 0.25) is 6.41 Å². The Kier molecular flexibility index (Phi) is 4.32. The summed E-state index contributed by atoms with van der Waals surface area (Å²) in [7, 11) is 1.31. The SMILES string of the molecule is CCNc1ccc(C(=O)OC)cc1NC=O. The van der Waals surface area contributed by atoms with Crippen molar-refractivity contribution in [3.63, 3.8) is 0 Å². The van der Waals surface area contributed by atoms with E-state index < -0.39 is 5.97 Å². The summed E-state index contributed by atoms with van der Waals surface area (Å²) < 4.78 is 4.59. The van der Waals surface area contributed by atoms with Crippen molar-refractivity contribution in [2.45, 2.75) is 6.92 Å². The van der Waals surface area contributed by atoms with Crippen molar-refractivity contribution in [1.82, 2.24) is 0 Å². The Hall–Kier alpha value is -2.04. The van der Waals surface area contributed by atoms with Gasteiger partial charge in [-0.2, -0.15) is 0 Å². The molecule has 1 rings (SSSR count). The van der Waals surface area contributed by atoms with Crippen LogP contribution in [0.15, 0.2) is 18.2 Å². The topological polar surface area (TPSA) is 67.4 Å². The van der Waals surface area contributed by atoms with E-state index in [2.05, 4.69) is 15.4 Å². The van der Waals surface area contributed by atoms with Crippen LogP contribution in [0.1, 0.15) is 17.3 Å². The molecule has 0 aliphatic rings. The lowest BCUT2D eigenvalue weighted by atomic mass is 10.1. The van der Waals surface area contributed by atoms with Crippen LogP contribution in [0.2, 0.25) is 0 Å². The van der Waals surface area contributed by atoms with Gasteiger partial charge in [-0.05, 0) is 25.1 Å². The molecule has 0 heterocycles. The Morgan fingerprint density at radius 1 is 1.44 bits per heavy atom. The highest BCUT2D eigenvalue weighted by atomic mass is 16.5. The Bertz CT molecular complexity index is 391. The number of hydrogen-bond acceptors (Lipinski definition) is 4. The minimum Gasteiger partial charge on any atom is -0.465 e. The summed E-state index contributed by atoms with van der Waals surface area (Å²) >= 11 is 0. The fraction of sp³-hybridized carbons (Fsp3) is 0.273. The summed E-state index contributed by atoms with van der Waals surface area (Å²) in [5, 5.41) is 5.60. The molecule has 0 aliphatic carbocycles. The molecule has 16 heavy (non-hydrogen) atoms. The zero-order chi connectivity index (χ0) is 12.0. The Labute approximate surface area is 93.8 Å². The fourth-order valence-corrected chi connectivity index (χ4v) is 1.32. The minimum atomic E-state index is -0.433. The molecule has 5 nitrogen and oxygen atoms in total. The smallest absolute Gasteiger partial charge is 0.337 e. The zero-order valence-corrected chi connectivity index (χ0v) is 9.24. The molecule has 1 aromatic rings. The van der Waals surface area contributed by atoms with Crippen molar-refractivity contribution in [2.75, 3.05) is 24.3 Å². The maximum absolute atomic E-state index is 11.3. The van der Waals surface area contributed by atoms with E-state index >= 15 is 0 Å². The largest absolute Gasteiger partial charge is 0.465 e. The maximum atomic E-state index is 11.3. The second-order valence-corrected chi connectivity index (χ2v) is 3.04. The summed E-state index contributed by atoms with van der Waals surface area (Å²) in [5.74, 6) is -0.433. The van der Waals surface area contributed by atoms with Crippen molar-refractivity contribution in [1.29, 1.82) is 0 Å². The molecule has 2 N–H and O–H groups in total. The molecule has 0 atom stereocenters. The number of rotatable bonds is 5. The van der Waals surface area contributed by atoms with Crippen LogP contribution in [0, 0.1) is 0 Å². The fourth-order valence-electron chi connectivity index (χ4n) is 1.32. The molecular formula is C11H14N2O3. The number of esters is 1. The van der Waals surface area contributed by atoms with Crippen LogP contribution in [0.5, 0.6) is 0 Å². The Balaban J connectivity index is 3.05. The lowest BCUT2D eigenvalue weighted by molar-refractivity contribution is -0.105. The van der Waals surface area contributed by atoms with Gasteiger partial charge in [0.25, 0.3) is 0 Å². The van der Waals surface area contributed by atoms with E-state index in [1.807, 2.05) is 6.92 Å². The monoisotopic (exact) mass is 222 g/mol. The van der Waals surface area contributed by atoms with Gasteiger partial charge < -0.3 is 15.4 Å². The van der Waals surface area contributed by atoms with Crippen LogP contribution in [0.25, 0.3) is 0 Å². The van der Waals surface area contributed by atoms with Gasteiger partial charge in [0.1, 0.15) is 0 Å². The van der Waals surface area contributed by atoms with E-state index in [9.17, 15) is 9.59 Å². The van der Waals surface area contributed by atoms with Gasteiger partial charge in [0.15, 0.2) is 0 Å². The van der Waals surface area contributed by atoms with E-state index in [1.54, 1.807) is 18.2 Å². The summed E-state index contributed by atoms with van der Waals surface area (Å²) in [6.07, 6.45) is 0.567. The molecule has 0 saturated carbocycles. The second-order valence-electron chi connectivity index (χ2n) is 3.04. The third-order valence-electron chi connectivity index (χ3n) is 2.02. The summed E-state index contributed by atoms with van der Waals surface area (Å²) in [5.41, 5.74) is 1.72. The Morgan fingerprint density at radius 2 is 2.19 bits per heavy atom. The highest BCUT2D eigenvalue weighted by Crippen LogP contribution is 2.22. The van der Waals surface area contributed by atoms with Crippen molar-refractivity contribution < 1.29 is 14.3 Å². The average Bonchev–Trinajstić information content (AvgIpc) is 2.31. The summed E-state index contributed by atoms with van der Waals surface area (Å²) in [6.45, 7) is 2.67. The number of nitrogens with one attached hydrogen (secondary N) is 2. The molecule has 5 heteroatoms. The number of hydrogen-bond donors (Lipinski definition) is 2. The molecule has 86 valence electrons. The average molecular weight is 222 g/mol. The third kappa shape index (κ3) is 2.73. The first-order chi connectivity index (χ1) is 7.72. The molecule has 0 unspecified atom stereocenters. The lowest BCUT2D eigenvalue weighted by Gasteiger charge is -2.10. The number of ether oxygens (including phenoxy) is 1. The lowest BCUT2D eigenvalue weighted by Crippen LogP contribution is -2.06. The van der Waals surface area contributed by atoms with Gasteiger partial charge in [-0.25, -0.2) is 4.79 Å². The van der Waals surface area contributed by atoms with Gasteiger partial charge in [-0.3, -0.25) is 4.79 Å². The van der Waals surface area contributed by atoms with E-state index in [0.717, 1.165) is 12.2 Å². The minimum absolute atomic E-state index is 0.397. The van der Waals surface area contributed by atoms with Crippen molar-refractivity contribution in [2.24, 2.45) is 0 Å². The van der Waals surface area contributed by atoms with Crippen LogP contribution in [0.4, 0.5) is 11.4 Å². The number of carbonyl (C=O) groups is 2.